The zero-order chi connectivity index (χ0) is 15.4. The lowest BCUT2D eigenvalue weighted by Crippen LogP contribution is -2.38. The number of hydrogen-bond acceptors (Lipinski definition) is 5. The zero-order valence-corrected chi connectivity index (χ0v) is 14.2. The molecule has 4 nitrogen and oxygen atoms in total. The zero-order valence-electron chi connectivity index (χ0n) is 12.6. The lowest BCUT2D eigenvalue weighted by Gasteiger charge is -2.32. The highest BCUT2D eigenvalue weighted by atomic mass is 32.2. The molecule has 0 unspecified atom stereocenters. The van der Waals surface area contributed by atoms with Crippen LogP contribution in [0.25, 0.3) is 0 Å². The fourth-order valence-electron chi connectivity index (χ4n) is 2.71. The SMILES string of the molecule is Cc1csc(SCC(=O)N2CCC(c3ccncc3)CC2)n1. The first kappa shape index (κ1) is 15.5. The van der Waals surface area contributed by atoms with Gasteiger partial charge in [0.25, 0.3) is 0 Å². The lowest BCUT2D eigenvalue weighted by molar-refractivity contribution is -0.129. The van der Waals surface area contributed by atoms with E-state index in [9.17, 15) is 4.79 Å². The van der Waals surface area contributed by atoms with Crippen LogP contribution in [0.2, 0.25) is 0 Å². The number of aryl methyl sites for hydroxylation is 1. The summed E-state index contributed by atoms with van der Waals surface area (Å²) in [4.78, 5) is 22.7. The van der Waals surface area contributed by atoms with Gasteiger partial charge in [0.05, 0.1) is 5.75 Å². The predicted octanol–water partition coefficient (Wildman–Crippen LogP) is 3.34. The summed E-state index contributed by atoms with van der Waals surface area (Å²) in [5, 5.41) is 2.02. The highest BCUT2D eigenvalue weighted by molar-refractivity contribution is 8.01. The minimum Gasteiger partial charge on any atom is -0.342 e. The molecule has 3 heterocycles. The number of thioether (sulfide) groups is 1. The van der Waals surface area contributed by atoms with Crippen molar-refractivity contribution in [3.63, 3.8) is 0 Å². The number of likely N-dealkylation sites (tertiary alicyclic amines) is 1. The van der Waals surface area contributed by atoms with Crippen LogP contribution in [-0.2, 0) is 4.79 Å². The van der Waals surface area contributed by atoms with Crippen LogP contribution in [0.1, 0.15) is 30.0 Å². The molecule has 0 radical (unpaired) electrons. The molecule has 6 heteroatoms. The Morgan fingerprint density at radius 2 is 2.09 bits per heavy atom. The van der Waals surface area contributed by atoms with Crippen molar-refractivity contribution in [2.24, 2.45) is 0 Å². The molecule has 22 heavy (non-hydrogen) atoms. The van der Waals surface area contributed by atoms with Gasteiger partial charge >= 0.3 is 0 Å². The maximum absolute atomic E-state index is 12.3. The molecular formula is C16H19N3OS2. The first-order valence-electron chi connectivity index (χ1n) is 7.45. The van der Waals surface area contributed by atoms with E-state index in [1.807, 2.05) is 29.6 Å². The van der Waals surface area contributed by atoms with Crippen molar-refractivity contribution < 1.29 is 4.79 Å². The van der Waals surface area contributed by atoms with Gasteiger partial charge in [-0.3, -0.25) is 9.78 Å². The molecule has 1 fully saturated rings. The molecule has 0 aliphatic carbocycles. The van der Waals surface area contributed by atoms with Crippen molar-refractivity contribution in [3.05, 3.63) is 41.2 Å². The summed E-state index contributed by atoms with van der Waals surface area (Å²) >= 11 is 3.16. The summed E-state index contributed by atoms with van der Waals surface area (Å²) in [6.07, 6.45) is 5.77. The van der Waals surface area contributed by atoms with Crippen LogP contribution in [0.4, 0.5) is 0 Å². The summed E-state index contributed by atoms with van der Waals surface area (Å²) in [5.41, 5.74) is 2.37. The number of pyridine rings is 1. The van der Waals surface area contributed by atoms with Crippen molar-refractivity contribution in [2.75, 3.05) is 18.8 Å². The van der Waals surface area contributed by atoms with Gasteiger partial charge in [0.15, 0.2) is 4.34 Å². The van der Waals surface area contributed by atoms with Gasteiger partial charge in [-0.25, -0.2) is 4.98 Å². The second kappa shape index (κ2) is 7.24. The summed E-state index contributed by atoms with van der Waals surface area (Å²) in [5.74, 6) is 1.28. The molecule has 0 N–H and O–H groups in total. The van der Waals surface area contributed by atoms with Crippen LogP contribution in [0.15, 0.2) is 34.2 Å². The van der Waals surface area contributed by atoms with Gasteiger partial charge < -0.3 is 4.90 Å². The Balaban J connectivity index is 1.47. The molecule has 0 saturated carbocycles. The minimum absolute atomic E-state index is 0.228. The van der Waals surface area contributed by atoms with E-state index in [0.29, 0.717) is 11.7 Å². The number of thiazole rings is 1. The van der Waals surface area contributed by atoms with Gasteiger partial charge in [-0.2, -0.15) is 0 Å². The number of rotatable bonds is 4. The number of carbonyl (C=O) groups is 1. The molecule has 2 aromatic heterocycles. The van der Waals surface area contributed by atoms with Crippen LogP contribution in [0, 0.1) is 6.92 Å². The third-order valence-electron chi connectivity index (χ3n) is 3.94. The number of aromatic nitrogens is 2. The van der Waals surface area contributed by atoms with E-state index in [2.05, 4.69) is 22.1 Å². The van der Waals surface area contributed by atoms with E-state index in [4.69, 9.17) is 0 Å². The third kappa shape index (κ3) is 3.87. The first-order valence-corrected chi connectivity index (χ1v) is 9.31. The van der Waals surface area contributed by atoms with Crippen LogP contribution in [-0.4, -0.2) is 39.6 Å². The van der Waals surface area contributed by atoms with Crippen LogP contribution in [0.3, 0.4) is 0 Å². The molecule has 1 amide bonds. The minimum atomic E-state index is 0.228. The molecule has 1 aliphatic rings. The van der Waals surface area contributed by atoms with Gasteiger partial charge in [-0.05, 0) is 43.4 Å². The normalized spacial score (nSPS) is 16.0. The van der Waals surface area contributed by atoms with Gasteiger partial charge in [-0.15, -0.1) is 11.3 Å². The molecule has 2 aromatic rings. The molecular weight excluding hydrogens is 314 g/mol. The van der Waals surface area contributed by atoms with E-state index < -0.39 is 0 Å². The van der Waals surface area contributed by atoms with E-state index >= 15 is 0 Å². The highest BCUT2D eigenvalue weighted by Gasteiger charge is 2.23. The Morgan fingerprint density at radius 3 is 2.73 bits per heavy atom. The molecule has 0 spiro atoms. The number of piperidine rings is 1. The van der Waals surface area contributed by atoms with Gasteiger partial charge in [0.1, 0.15) is 0 Å². The van der Waals surface area contributed by atoms with E-state index in [0.717, 1.165) is 36.0 Å². The molecule has 0 bridgehead atoms. The Hall–Kier alpha value is -1.40. The Kier molecular flexibility index (Phi) is 5.10. The Morgan fingerprint density at radius 1 is 1.36 bits per heavy atom. The van der Waals surface area contributed by atoms with E-state index in [1.165, 1.54) is 5.56 Å². The van der Waals surface area contributed by atoms with Crippen LogP contribution < -0.4 is 0 Å². The summed E-state index contributed by atoms with van der Waals surface area (Å²) < 4.78 is 0.984. The Labute approximate surface area is 139 Å². The molecule has 1 aliphatic heterocycles. The standard InChI is InChI=1S/C16H19N3OS2/c1-12-10-21-16(18-12)22-11-15(20)19-8-4-14(5-9-19)13-2-6-17-7-3-13/h2-3,6-7,10,14H,4-5,8-9,11H2,1H3. The largest absolute Gasteiger partial charge is 0.342 e. The van der Waals surface area contributed by atoms with E-state index in [1.54, 1.807) is 23.1 Å². The van der Waals surface area contributed by atoms with Crippen molar-refractivity contribution in [1.29, 1.82) is 0 Å². The van der Waals surface area contributed by atoms with Gasteiger partial charge in [-0.1, -0.05) is 11.8 Å². The van der Waals surface area contributed by atoms with Crippen molar-refractivity contribution in [3.8, 4) is 0 Å². The molecule has 116 valence electrons. The average Bonchev–Trinajstić information content (AvgIpc) is 2.99. The number of amides is 1. The molecule has 0 aromatic carbocycles. The summed E-state index contributed by atoms with van der Waals surface area (Å²) in [6, 6.07) is 4.17. The van der Waals surface area contributed by atoms with Crippen LogP contribution >= 0.6 is 23.1 Å². The van der Waals surface area contributed by atoms with Crippen molar-refractivity contribution in [1.82, 2.24) is 14.9 Å². The van der Waals surface area contributed by atoms with Crippen molar-refractivity contribution in [2.45, 2.75) is 30.0 Å². The summed E-state index contributed by atoms with van der Waals surface area (Å²) in [6.45, 7) is 3.68. The molecule has 0 atom stereocenters. The van der Waals surface area contributed by atoms with E-state index in [-0.39, 0.29) is 5.91 Å². The van der Waals surface area contributed by atoms with Gasteiger partial charge in [0, 0.05) is 36.6 Å². The third-order valence-corrected chi connectivity index (χ3v) is 6.07. The predicted molar refractivity (Wildman–Crippen MR) is 90.4 cm³/mol. The number of nitrogens with zero attached hydrogens (tertiary/aromatic N) is 3. The average molecular weight is 333 g/mol. The number of carbonyl (C=O) groups excluding carboxylic acids is 1. The second-order valence-electron chi connectivity index (χ2n) is 5.48. The first-order chi connectivity index (χ1) is 10.7. The number of hydrogen-bond donors (Lipinski definition) is 0. The van der Waals surface area contributed by atoms with Crippen molar-refractivity contribution >= 4 is 29.0 Å². The Bertz CT molecular complexity index is 621. The highest BCUT2D eigenvalue weighted by Crippen LogP contribution is 2.28. The molecule has 1 saturated heterocycles. The van der Waals surface area contributed by atoms with Gasteiger partial charge in [0.2, 0.25) is 5.91 Å². The maximum Gasteiger partial charge on any atom is 0.233 e. The second-order valence-corrected chi connectivity index (χ2v) is 7.56. The quantitative estimate of drug-likeness (QED) is 0.805. The summed E-state index contributed by atoms with van der Waals surface area (Å²) in [7, 11) is 0. The fourth-order valence-corrected chi connectivity index (χ4v) is 4.46. The van der Waals surface area contributed by atoms with Crippen LogP contribution in [0.5, 0.6) is 0 Å². The lowest BCUT2D eigenvalue weighted by atomic mass is 9.90. The topological polar surface area (TPSA) is 46.1 Å². The smallest absolute Gasteiger partial charge is 0.233 e. The monoisotopic (exact) mass is 333 g/mol. The fraction of sp³-hybridized carbons (Fsp3) is 0.438. The maximum atomic E-state index is 12.3. The molecule has 3 rings (SSSR count).